The van der Waals surface area contributed by atoms with Crippen molar-refractivity contribution >= 4 is 24.3 Å². The van der Waals surface area contributed by atoms with Crippen molar-refractivity contribution in [2.75, 3.05) is 0 Å². The molecule has 0 atom stereocenters. The Kier molecular flexibility index (Phi) is 5.34. The van der Waals surface area contributed by atoms with Crippen LogP contribution in [0.25, 0.3) is 0 Å². The van der Waals surface area contributed by atoms with E-state index in [9.17, 15) is 17.3 Å². The van der Waals surface area contributed by atoms with Crippen molar-refractivity contribution in [2.45, 2.75) is 0 Å². The van der Waals surface area contributed by atoms with Crippen LogP contribution in [0.5, 0.6) is 0 Å². The molecule has 0 fully saturated rings. The fourth-order valence-corrected chi connectivity index (χ4v) is 0.652. The average Bonchev–Trinajstić information content (AvgIpc) is 1.92. The molecule has 1 aromatic heterocycles. The van der Waals surface area contributed by atoms with Gasteiger partial charge in [-0.3, -0.25) is 9.97 Å². The molecule has 0 N–H and O–H groups in total. The predicted molar refractivity (Wildman–Crippen MR) is 35.7 cm³/mol. The Hall–Kier alpha value is 0.791. The molecule has 0 spiro atoms. The molecule has 2 nitrogen and oxygen atoms in total. The van der Waals surface area contributed by atoms with E-state index < -0.39 is 23.7 Å². The smallest absolute Gasteiger partial charge is 0.443 e. The Morgan fingerprint density at radius 1 is 1.31 bits per heavy atom. The molecule has 1 rings (SSSR count). The minimum Gasteiger partial charge on any atom is -0.443 e. The van der Waals surface area contributed by atoms with Crippen molar-refractivity contribution in [3.63, 3.8) is 0 Å². The van der Waals surface area contributed by atoms with Gasteiger partial charge in [-0.2, -0.15) is 0 Å². The van der Waals surface area contributed by atoms with Crippen LogP contribution < -0.4 is 57.1 Å². The van der Waals surface area contributed by atoms with Crippen LogP contribution in [-0.2, 0) is 0 Å². The molecule has 0 aliphatic heterocycles. The van der Waals surface area contributed by atoms with E-state index in [1.165, 1.54) is 0 Å². The molecule has 0 unspecified atom stereocenters. The zero-order valence-corrected chi connectivity index (χ0v) is 10.3. The largest absolute Gasteiger partial charge is 1.00 e. The Morgan fingerprint density at radius 3 is 2.23 bits per heavy atom. The monoisotopic (exact) mass is 238 g/mol. The Balaban J connectivity index is 0.00000144. The third kappa shape index (κ3) is 3.80. The quantitative estimate of drug-likeness (QED) is 0.332. The molecule has 0 saturated heterocycles. The van der Waals surface area contributed by atoms with E-state index >= 15 is 0 Å². The molecular weight excluding hydrogens is 237 g/mol. The molecule has 66 valence electrons. The van der Waals surface area contributed by atoms with Gasteiger partial charge in [0, 0.05) is 0 Å². The molecule has 0 aromatic carbocycles. The van der Waals surface area contributed by atoms with E-state index in [0.29, 0.717) is 6.20 Å². The normalized spacial score (nSPS) is 10.8. The van der Waals surface area contributed by atoms with Crippen LogP contribution in [0.3, 0.4) is 0 Å². The van der Waals surface area contributed by atoms with Crippen LogP contribution in [0.2, 0.25) is 5.15 Å². The van der Waals surface area contributed by atoms with E-state index in [1.54, 1.807) is 0 Å². The maximum atomic E-state index is 12.3. The van der Waals surface area contributed by atoms with Gasteiger partial charge in [-0.05, 0) is 0 Å². The van der Waals surface area contributed by atoms with Crippen LogP contribution in [0.1, 0.15) is 0 Å². The molecule has 0 saturated carbocycles. The van der Waals surface area contributed by atoms with Crippen molar-refractivity contribution in [3.05, 3.63) is 17.2 Å². The zero-order valence-electron chi connectivity index (χ0n) is 6.44. The minimum atomic E-state index is -5.31. The first-order valence-corrected chi connectivity index (χ1v) is 3.17. The predicted octanol–water partition coefficient (Wildman–Crippen LogP) is -1.67. The van der Waals surface area contributed by atoms with Gasteiger partial charge >= 0.3 is 58.4 Å². The summed E-state index contributed by atoms with van der Waals surface area (Å²) in [7, 11) is 0. The van der Waals surface area contributed by atoms with Gasteiger partial charge in [-0.1, -0.05) is 11.6 Å². The molecule has 0 amide bonds. The van der Waals surface area contributed by atoms with Gasteiger partial charge in [0.25, 0.3) is 0 Å². The van der Waals surface area contributed by atoms with Crippen molar-refractivity contribution in [2.24, 2.45) is 0 Å². The van der Waals surface area contributed by atoms with Crippen molar-refractivity contribution in [1.82, 2.24) is 9.97 Å². The molecule has 0 aliphatic rings. The molecule has 0 radical (unpaired) electrons. The maximum Gasteiger partial charge on any atom is 1.00 e. The molecule has 1 heterocycles. The van der Waals surface area contributed by atoms with E-state index in [-0.39, 0.29) is 51.4 Å². The number of nitrogens with zero attached hydrogens (tertiary/aromatic N) is 2. The summed E-state index contributed by atoms with van der Waals surface area (Å²) in [6.07, 6.45) is 0.389. The fourth-order valence-electron chi connectivity index (χ4n) is 0.517. The summed E-state index contributed by atoms with van der Waals surface area (Å²) in [5, 5.41) is -0.820. The molecular formula is C4HBClF4KN2. The van der Waals surface area contributed by atoms with E-state index in [4.69, 9.17) is 11.6 Å². The summed E-state index contributed by atoms with van der Waals surface area (Å²) >= 11 is 5.00. The van der Waals surface area contributed by atoms with Gasteiger partial charge < -0.3 is 12.9 Å². The summed E-state index contributed by atoms with van der Waals surface area (Å²) in [6, 6.07) is 0. The third-order valence-corrected chi connectivity index (χ3v) is 1.28. The van der Waals surface area contributed by atoms with Gasteiger partial charge in [0.15, 0.2) is 11.0 Å². The minimum absolute atomic E-state index is 0. The van der Waals surface area contributed by atoms with Crippen LogP contribution >= 0.6 is 11.6 Å². The molecule has 9 heteroatoms. The number of rotatable bonds is 1. The molecule has 0 bridgehead atoms. The van der Waals surface area contributed by atoms with Crippen LogP contribution in [-0.4, -0.2) is 16.9 Å². The summed E-state index contributed by atoms with van der Waals surface area (Å²) in [6.45, 7) is -5.31. The van der Waals surface area contributed by atoms with Gasteiger partial charge in [0.05, 0.1) is 11.9 Å². The Morgan fingerprint density at radius 2 is 1.85 bits per heavy atom. The van der Waals surface area contributed by atoms with Crippen LogP contribution in [0.4, 0.5) is 17.3 Å². The summed E-state index contributed by atoms with van der Waals surface area (Å²) in [4.78, 5) is 5.47. The van der Waals surface area contributed by atoms with Crippen molar-refractivity contribution < 1.29 is 68.7 Å². The molecule has 0 aliphatic carbocycles. The number of hydrogen-bond acceptors (Lipinski definition) is 2. The van der Waals surface area contributed by atoms with E-state index in [1.807, 2.05) is 0 Å². The summed E-state index contributed by atoms with van der Waals surface area (Å²) in [5.41, 5.74) is -1.39. The van der Waals surface area contributed by atoms with Gasteiger partial charge in [-0.25, -0.2) is 4.39 Å². The zero-order chi connectivity index (χ0) is 9.35. The molecule has 13 heavy (non-hydrogen) atoms. The SMILES string of the molecule is Fc1cnc([B-](F)(F)F)nc1Cl.[K+]. The molecule has 1 aromatic rings. The first-order chi connectivity index (χ1) is 5.41. The first kappa shape index (κ1) is 13.8. The Labute approximate surface area is 119 Å². The van der Waals surface area contributed by atoms with Gasteiger partial charge in [-0.15, -0.1) is 0 Å². The van der Waals surface area contributed by atoms with Crippen LogP contribution in [0.15, 0.2) is 6.20 Å². The fraction of sp³-hybridized carbons (Fsp3) is 0. The number of hydrogen-bond donors (Lipinski definition) is 0. The Bertz CT molecular complexity index is 307. The standard InChI is InChI=1S/C4HBClF4N2.K/c6-3-2(7)1-11-4(12-3)5(8,9)10;/h1H;/q-1;+1. The average molecular weight is 238 g/mol. The summed E-state index contributed by atoms with van der Waals surface area (Å²) in [5.74, 6) is -1.07. The van der Waals surface area contributed by atoms with Crippen LogP contribution in [0, 0.1) is 5.82 Å². The van der Waals surface area contributed by atoms with Gasteiger partial charge in [0.2, 0.25) is 0 Å². The number of halogens is 5. The van der Waals surface area contributed by atoms with Gasteiger partial charge in [0.1, 0.15) is 0 Å². The third-order valence-electron chi connectivity index (χ3n) is 1.01. The number of aromatic nitrogens is 2. The van der Waals surface area contributed by atoms with E-state index in [2.05, 4.69) is 9.97 Å². The summed E-state index contributed by atoms with van der Waals surface area (Å²) < 4.78 is 47.8. The second-order valence-electron chi connectivity index (χ2n) is 1.94. The maximum absolute atomic E-state index is 12.3. The van der Waals surface area contributed by atoms with Crippen molar-refractivity contribution in [1.29, 1.82) is 0 Å². The second kappa shape index (κ2) is 5.04. The van der Waals surface area contributed by atoms with E-state index in [0.717, 1.165) is 0 Å². The van der Waals surface area contributed by atoms with Crippen molar-refractivity contribution in [3.8, 4) is 0 Å². The second-order valence-corrected chi connectivity index (χ2v) is 2.30. The first-order valence-electron chi connectivity index (χ1n) is 2.79. The topological polar surface area (TPSA) is 25.8 Å².